The number of phenolic OH excluding ortho intramolecular Hbond substituents is 1. The second-order valence-electron chi connectivity index (χ2n) is 8.29. The second kappa shape index (κ2) is 8.85. The van der Waals surface area contributed by atoms with Crippen LogP contribution in [0.3, 0.4) is 0 Å². The topological polar surface area (TPSA) is 86.3 Å². The van der Waals surface area contributed by atoms with Crippen molar-refractivity contribution in [3.8, 4) is 17.0 Å². The Hall–Kier alpha value is -3.64. The molecule has 4 N–H and O–H groups in total. The third kappa shape index (κ3) is 4.09. The smallest absolute Gasteiger partial charge is 0.146 e. The van der Waals surface area contributed by atoms with Crippen LogP contribution in [0.5, 0.6) is 5.75 Å². The predicted octanol–water partition coefficient (Wildman–Crippen LogP) is 4.48. The third-order valence-corrected chi connectivity index (χ3v) is 6.20. The van der Waals surface area contributed by atoms with E-state index in [0.717, 1.165) is 60.3 Å². The lowest BCUT2D eigenvalue weighted by molar-refractivity contribution is -0.109. The number of hydrogen-bond acceptors (Lipinski definition) is 6. The van der Waals surface area contributed by atoms with Crippen LogP contribution in [0.1, 0.15) is 41.5 Å². The van der Waals surface area contributed by atoms with Crippen molar-refractivity contribution in [3.05, 3.63) is 77.5 Å². The van der Waals surface area contributed by atoms with Gasteiger partial charge in [-0.15, -0.1) is 0 Å². The van der Waals surface area contributed by atoms with Gasteiger partial charge in [0, 0.05) is 16.8 Å². The minimum atomic E-state index is -0.475. The Labute approximate surface area is 187 Å². The number of fused-ring (bicyclic) bond motifs is 1. The number of rotatable bonds is 5. The van der Waals surface area contributed by atoms with E-state index in [0.29, 0.717) is 11.7 Å². The molecule has 162 valence electrons. The molecule has 1 aromatic heterocycles. The molecule has 2 aliphatic rings. The van der Waals surface area contributed by atoms with Gasteiger partial charge in [-0.25, -0.2) is 4.98 Å². The van der Waals surface area contributed by atoms with Crippen molar-refractivity contribution in [2.24, 2.45) is 0 Å². The zero-order valence-electron chi connectivity index (χ0n) is 17.7. The molecule has 0 amide bonds. The summed E-state index contributed by atoms with van der Waals surface area (Å²) in [6.45, 7) is 2.13. The number of phenols is 1. The Balaban J connectivity index is 1.51. The van der Waals surface area contributed by atoms with Gasteiger partial charge < -0.3 is 25.9 Å². The van der Waals surface area contributed by atoms with E-state index in [1.165, 1.54) is 5.56 Å². The van der Waals surface area contributed by atoms with Gasteiger partial charge >= 0.3 is 0 Å². The Morgan fingerprint density at radius 1 is 1.06 bits per heavy atom. The van der Waals surface area contributed by atoms with E-state index in [2.05, 4.69) is 40.2 Å². The molecule has 1 saturated heterocycles. The molecule has 0 aliphatic carbocycles. The fraction of sp³-hybridized carbons (Fsp3) is 0.231. The number of nitrogens with one attached hydrogen (secondary N) is 3. The van der Waals surface area contributed by atoms with Crippen molar-refractivity contribution in [2.75, 3.05) is 18.4 Å². The fourth-order valence-electron chi connectivity index (χ4n) is 4.51. The van der Waals surface area contributed by atoms with Gasteiger partial charge in [0.1, 0.15) is 23.9 Å². The lowest BCUT2D eigenvalue weighted by Gasteiger charge is -2.24. The van der Waals surface area contributed by atoms with Crippen LogP contribution in [0.2, 0.25) is 0 Å². The highest BCUT2D eigenvalue weighted by atomic mass is 16.3. The van der Waals surface area contributed by atoms with E-state index < -0.39 is 6.04 Å². The summed E-state index contributed by atoms with van der Waals surface area (Å²) in [5.74, 6) is 1.41. The second-order valence-corrected chi connectivity index (χ2v) is 8.29. The van der Waals surface area contributed by atoms with Crippen LogP contribution in [0.15, 0.2) is 60.8 Å². The zero-order chi connectivity index (χ0) is 21.9. The Bertz CT molecular complexity index is 1150. The maximum absolute atomic E-state index is 11.8. The van der Waals surface area contributed by atoms with E-state index in [-0.39, 0.29) is 5.75 Å². The number of hydrogen-bond donors (Lipinski definition) is 4. The fourth-order valence-corrected chi connectivity index (χ4v) is 4.51. The summed E-state index contributed by atoms with van der Waals surface area (Å²) in [5, 5.41) is 19.9. The van der Waals surface area contributed by atoms with Gasteiger partial charge in [0.2, 0.25) is 0 Å². The first-order valence-electron chi connectivity index (χ1n) is 11.0. The minimum absolute atomic E-state index is 0.188. The summed E-state index contributed by atoms with van der Waals surface area (Å²) in [5.41, 5.74) is 5.55. The van der Waals surface area contributed by atoms with Crippen LogP contribution >= 0.6 is 0 Å². The highest BCUT2D eigenvalue weighted by Crippen LogP contribution is 2.35. The zero-order valence-corrected chi connectivity index (χ0v) is 17.7. The van der Waals surface area contributed by atoms with Gasteiger partial charge in [-0.2, -0.15) is 0 Å². The van der Waals surface area contributed by atoms with Gasteiger partial charge in [0.25, 0.3) is 0 Å². The maximum Gasteiger partial charge on any atom is 0.146 e. The average Bonchev–Trinajstić information content (AvgIpc) is 2.84. The number of pyridine rings is 1. The standard InChI is InChI=1S/C26H26N4O2/c31-16-24-25-20(10-13-28-24)15-23(19-2-1-3-22(32)14-19)30-26(25)29-21-6-4-17(5-7-21)18-8-11-27-12-9-18/h1-7,10,13-16,18,24,27-28,32H,8-9,11-12H2,(H,29,30). The quantitative estimate of drug-likeness (QED) is 0.450. The van der Waals surface area contributed by atoms with Gasteiger partial charge in [-0.3, -0.25) is 0 Å². The molecule has 3 heterocycles. The molecule has 32 heavy (non-hydrogen) atoms. The Morgan fingerprint density at radius 2 is 1.88 bits per heavy atom. The van der Waals surface area contributed by atoms with Crippen molar-refractivity contribution in [2.45, 2.75) is 24.8 Å². The van der Waals surface area contributed by atoms with Crippen LogP contribution in [0, 0.1) is 0 Å². The number of anilines is 2. The van der Waals surface area contributed by atoms with Crippen molar-refractivity contribution in [1.82, 2.24) is 15.6 Å². The number of aromatic nitrogens is 1. The molecule has 2 aliphatic heterocycles. The molecule has 1 fully saturated rings. The Kier molecular flexibility index (Phi) is 5.60. The number of aldehydes is 1. The first kappa shape index (κ1) is 20.3. The van der Waals surface area contributed by atoms with Crippen LogP contribution in [-0.4, -0.2) is 29.5 Å². The molecule has 6 heteroatoms. The number of aromatic hydroxyl groups is 1. The van der Waals surface area contributed by atoms with Gasteiger partial charge in [-0.05, 0) is 85.6 Å². The molecular formula is C26H26N4O2. The highest BCUT2D eigenvalue weighted by Gasteiger charge is 2.23. The van der Waals surface area contributed by atoms with Crippen molar-refractivity contribution in [1.29, 1.82) is 0 Å². The van der Waals surface area contributed by atoms with Crippen LogP contribution in [-0.2, 0) is 4.79 Å². The molecular weight excluding hydrogens is 400 g/mol. The van der Waals surface area contributed by atoms with Crippen molar-refractivity contribution >= 4 is 23.9 Å². The number of carbonyl (C=O) groups is 1. The lowest BCUT2D eigenvalue weighted by Crippen LogP contribution is -2.26. The molecule has 2 aromatic carbocycles. The molecule has 0 spiro atoms. The summed E-state index contributed by atoms with van der Waals surface area (Å²) in [7, 11) is 0. The minimum Gasteiger partial charge on any atom is -0.508 e. The molecule has 0 bridgehead atoms. The van der Waals surface area contributed by atoms with E-state index in [1.54, 1.807) is 24.4 Å². The largest absolute Gasteiger partial charge is 0.508 e. The van der Waals surface area contributed by atoms with Crippen molar-refractivity contribution in [3.63, 3.8) is 0 Å². The molecule has 1 unspecified atom stereocenters. The SMILES string of the molecule is O=CC1NC=Cc2cc(-c3cccc(O)c3)nc(Nc3ccc(C4CCNCC4)cc3)c21. The number of piperidine rings is 1. The normalized spacial score (nSPS) is 17.9. The van der Waals surface area contributed by atoms with Crippen LogP contribution in [0.4, 0.5) is 11.5 Å². The molecule has 0 saturated carbocycles. The van der Waals surface area contributed by atoms with Crippen LogP contribution < -0.4 is 16.0 Å². The monoisotopic (exact) mass is 426 g/mol. The molecule has 1 atom stereocenters. The number of benzene rings is 2. The first-order chi connectivity index (χ1) is 15.7. The molecule has 6 nitrogen and oxygen atoms in total. The first-order valence-corrected chi connectivity index (χ1v) is 11.0. The third-order valence-electron chi connectivity index (χ3n) is 6.20. The lowest BCUT2D eigenvalue weighted by atomic mass is 9.90. The highest BCUT2D eigenvalue weighted by molar-refractivity contribution is 5.80. The summed E-state index contributed by atoms with van der Waals surface area (Å²) < 4.78 is 0. The number of carbonyl (C=O) groups excluding carboxylic acids is 1. The average molecular weight is 427 g/mol. The Morgan fingerprint density at radius 3 is 2.62 bits per heavy atom. The maximum atomic E-state index is 11.8. The number of nitrogens with zero attached hydrogens (tertiary/aromatic N) is 1. The van der Waals surface area contributed by atoms with E-state index in [9.17, 15) is 9.90 Å². The van der Waals surface area contributed by atoms with E-state index in [4.69, 9.17) is 4.98 Å². The van der Waals surface area contributed by atoms with Crippen LogP contribution in [0.25, 0.3) is 17.3 Å². The summed E-state index contributed by atoms with van der Waals surface area (Å²) >= 11 is 0. The molecule has 3 aromatic rings. The molecule has 5 rings (SSSR count). The van der Waals surface area contributed by atoms with Gasteiger partial charge in [0.15, 0.2) is 0 Å². The van der Waals surface area contributed by atoms with Gasteiger partial charge in [0.05, 0.1) is 5.69 Å². The summed E-state index contributed by atoms with van der Waals surface area (Å²) in [6, 6.07) is 17.0. The summed E-state index contributed by atoms with van der Waals surface area (Å²) in [4.78, 5) is 16.6. The van der Waals surface area contributed by atoms with E-state index >= 15 is 0 Å². The molecule has 0 radical (unpaired) electrons. The predicted molar refractivity (Wildman–Crippen MR) is 127 cm³/mol. The van der Waals surface area contributed by atoms with E-state index in [1.807, 2.05) is 18.2 Å². The summed E-state index contributed by atoms with van der Waals surface area (Å²) in [6.07, 6.45) is 6.93. The van der Waals surface area contributed by atoms with Gasteiger partial charge in [-0.1, -0.05) is 24.3 Å². The van der Waals surface area contributed by atoms with Crippen molar-refractivity contribution < 1.29 is 9.90 Å².